The number of amides is 2. The van der Waals surface area contributed by atoms with Gasteiger partial charge in [0, 0.05) is 32.2 Å². The molecule has 104 valence electrons. The Balaban J connectivity index is 2.77. The van der Waals surface area contributed by atoms with E-state index in [2.05, 4.69) is 5.32 Å². The summed E-state index contributed by atoms with van der Waals surface area (Å²) in [7, 11) is 1.63. The monoisotopic (exact) mass is 256 g/mol. The Morgan fingerprint density at radius 2 is 2.22 bits per heavy atom. The van der Waals surface area contributed by atoms with Crippen LogP contribution >= 0.6 is 0 Å². The maximum Gasteiger partial charge on any atom is 0.242 e. The highest BCUT2D eigenvalue weighted by Gasteiger charge is 2.36. The first-order valence-corrected chi connectivity index (χ1v) is 6.48. The van der Waals surface area contributed by atoms with Crippen molar-refractivity contribution in [3.8, 4) is 0 Å². The van der Waals surface area contributed by atoms with Gasteiger partial charge in [0.1, 0.15) is 6.04 Å². The molecule has 1 rings (SSSR count). The van der Waals surface area contributed by atoms with E-state index in [4.69, 9.17) is 4.74 Å². The molecule has 0 aromatic rings. The minimum atomic E-state index is -0.491. The van der Waals surface area contributed by atoms with Crippen molar-refractivity contribution in [1.29, 1.82) is 0 Å². The molecule has 0 aromatic heterocycles. The van der Waals surface area contributed by atoms with E-state index in [1.165, 1.54) is 0 Å². The summed E-state index contributed by atoms with van der Waals surface area (Å²) in [4.78, 5) is 26.0. The third-order valence-electron chi connectivity index (χ3n) is 3.49. The Bertz CT molecular complexity index is 315. The average molecular weight is 256 g/mol. The Kier molecular flexibility index (Phi) is 5.14. The maximum absolute atomic E-state index is 12.5. The number of hydrogen-bond acceptors (Lipinski definition) is 3. The first kappa shape index (κ1) is 15.0. The number of nitrogens with one attached hydrogen (secondary N) is 1. The first-order valence-electron chi connectivity index (χ1n) is 6.48. The molecule has 1 N–H and O–H groups in total. The second-order valence-electron chi connectivity index (χ2n) is 5.45. The van der Waals surface area contributed by atoms with Crippen molar-refractivity contribution >= 4 is 11.8 Å². The predicted octanol–water partition coefficient (Wildman–Crippen LogP) is 0.786. The molecule has 0 saturated carbocycles. The van der Waals surface area contributed by atoms with Crippen LogP contribution in [0.25, 0.3) is 0 Å². The summed E-state index contributed by atoms with van der Waals surface area (Å²) in [6.45, 7) is 7.42. The first-order chi connectivity index (χ1) is 8.40. The highest BCUT2D eigenvalue weighted by molar-refractivity contribution is 5.89. The normalized spacial score (nSPS) is 21.4. The number of ether oxygens (including phenoxy) is 1. The van der Waals surface area contributed by atoms with Crippen molar-refractivity contribution in [3.63, 3.8) is 0 Å². The standard InChI is InChI=1S/C13H24N2O3/c1-10-11(16)14-7-5-8-15(10)12(17)13(2,3)6-9-18-4/h10H,5-9H2,1-4H3,(H,14,16). The molecule has 1 aliphatic heterocycles. The fraction of sp³-hybridized carbons (Fsp3) is 0.846. The summed E-state index contributed by atoms with van der Waals surface area (Å²) >= 11 is 0. The number of carbonyl (C=O) groups is 2. The van der Waals surface area contributed by atoms with E-state index in [0.717, 1.165) is 6.42 Å². The van der Waals surface area contributed by atoms with Crippen molar-refractivity contribution in [2.45, 2.75) is 39.7 Å². The van der Waals surface area contributed by atoms with Crippen LogP contribution in [0.2, 0.25) is 0 Å². The summed E-state index contributed by atoms with van der Waals surface area (Å²) in [5.74, 6) is -0.0347. The van der Waals surface area contributed by atoms with E-state index in [1.807, 2.05) is 13.8 Å². The molecule has 1 unspecified atom stereocenters. The fourth-order valence-corrected chi connectivity index (χ4v) is 2.07. The van der Waals surface area contributed by atoms with Crippen LogP contribution in [0.3, 0.4) is 0 Å². The van der Waals surface area contributed by atoms with Crippen LogP contribution in [0, 0.1) is 5.41 Å². The Hall–Kier alpha value is -1.10. The smallest absolute Gasteiger partial charge is 0.242 e. The van der Waals surface area contributed by atoms with Gasteiger partial charge in [0.15, 0.2) is 0 Å². The van der Waals surface area contributed by atoms with Gasteiger partial charge in [-0.1, -0.05) is 13.8 Å². The SMILES string of the molecule is COCCC(C)(C)C(=O)N1CCCNC(=O)C1C. The molecule has 0 aromatic carbocycles. The van der Waals surface area contributed by atoms with Gasteiger partial charge in [-0.3, -0.25) is 9.59 Å². The molecule has 1 aliphatic rings. The van der Waals surface area contributed by atoms with Crippen molar-refractivity contribution < 1.29 is 14.3 Å². The van der Waals surface area contributed by atoms with Crippen LogP contribution in [0.15, 0.2) is 0 Å². The molecule has 1 saturated heterocycles. The largest absolute Gasteiger partial charge is 0.385 e. The number of methoxy groups -OCH3 is 1. The van der Waals surface area contributed by atoms with Gasteiger partial charge in [-0.25, -0.2) is 0 Å². The van der Waals surface area contributed by atoms with Gasteiger partial charge >= 0.3 is 0 Å². The van der Waals surface area contributed by atoms with Crippen molar-refractivity contribution in [2.24, 2.45) is 5.41 Å². The quantitative estimate of drug-likeness (QED) is 0.809. The van der Waals surface area contributed by atoms with Gasteiger partial charge in [-0.2, -0.15) is 0 Å². The number of nitrogens with zero attached hydrogens (tertiary/aromatic N) is 1. The van der Waals surface area contributed by atoms with E-state index in [1.54, 1.807) is 18.9 Å². The van der Waals surface area contributed by atoms with Gasteiger partial charge < -0.3 is 15.0 Å². The zero-order valence-corrected chi connectivity index (χ0v) is 11.8. The number of rotatable bonds is 4. The van der Waals surface area contributed by atoms with Gasteiger partial charge in [-0.15, -0.1) is 0 Å². The maximum atomic E-state index is 12.5. The summed E-state index contributed by atoms with van der Waals surface area (Å²) < 4.78 is 5.04. The van der Waals surface area contributed by atoms with Gasteiger partial charge in [0.2, 0.25) is 11.8 Å². The molecule has 0 aliphatic carbocycles. The molecule has 0 radical (unpaired) electrons. The van der Waals surface area contributed by atoms with E-state index < -0.39 is 5.41 Å². The summed E-state index contributed by atoms with van der Waals surface area (Å²) in [6, 6.07) is -0.387. The predicted molar refractivity (Wildman–Crippen MR) is 69.1 cm³/mol. The van der Waals surface area contributed by atoms with Crippen molar-refractivity contribution in [1.82, 2.24) is 10.2 Å². The van der Waals surface area contributed by atoms with Crippen LogP contribution < -0.4 is 5.32 Å². The third kappa shape index (κ3) is 3.45. The lowest BCUT2D eigenvalue weighted by atomic mass is 9.87. The van der Waals surface area contributed by atoms with Gasteiger partial charge in [0.05, 0.1) is 0 Å². The third-order valence-corrected chi connectivity index (χ3v) is 3.49. The Morgan fingerprint density at radius 3 is 2.83 bits per heavy atom. The number of carbonyl (C=O) groups excluding carboxylic acids is 2. The van der Waals surface area contributed by atoms with Gasteiger partial charge in [0.25, 0.3) is 0 Å². The summed E-state index contributed by atoms with van der Waals surface area (Å²) in [6.07, 6.45) is 1.47. The molecule has 18 heavy (non-hydrogen) atoms. The lowest BCUT2D eigenvalue weighted by Gasteiger charge is -2.33. The lowest BCUT2D eigenvalue weighted by Crippen LogP contribution is -2.50. The molecule has 5 heteroatoms. The second kappa shape index (κ2) is 6.18. The molecule has 2 amide bonds. The number of hydrogen-bond donors (Lipinski definition) is 1. The van der Waals surface area contributed by atoms with Crippen molar-refractivity contribution in [3.05, 3.63) is 0 Å². The Morgan fingerprint density at radius 1 is 1.56 bits per heavy atom. The van der Waals surface area contributed by atoms with Crippen LogP contribution in [0.5, 0.6) is 0 Å². The van der Waals surface area contributed by atoms with Crippen LogP contribution in [-0.4, -0.2) is 49.6 Å². The van der Waals surface area contributed by atoms with Crippen molar-refractivity contribution in [2.75, 3.05) is 26.8 Å². The lowest BCUT2D eigenvalue weighted by molar-refractivity contribution is -0.146. The van der Waals surface area contributed by atoms with Crippen LogP contribution in [0.4, 0.5) is 0 Å². The second-order valence-corrected chi connectivity index (χ2v) is 5.45. The Labute approximate surface area is 109 Å². The fourth-order valence-electron chi connectivity index (χ4n) is 2.07. The molecule has 0 bridgehead atoms. The van der Waals surface area contributed by atoms with Crippen LogP contribution in [0.1, 0.15) is 33.6 Å². The zero-order chi connectivity index (χ0) is 13.8. The minimum absolute atomic E-state index is 0.0316. The molecule has 1 atom stereocenters. The molecule has 0 spiro atoms. The van der Waals surface area contributed by atoms with E-state index in [0.29, 0.717) is 26.1 Å². The van der Waals surface area contributed by atoms with E-state index in [-0.39, 0.29) is 17.9 Å². The molecule has 1 heterocycles. The topological polar surface area (TPSA) is 58.6 Å². The molecule has 1 fully saturated rings. The summed E-state index contributed by atoms with van der Waals surface area (Å²) in [5, 5.41) is 2.82. The minimum Gasteiger partial charge on any atom is -0.385 e. The summed E-state index contributed by atoms with van der Waals surface area (Å²) in [5.41, 5.74) is -0.491. The zero-order valence-electron chi connectivity index (χ0n) is 11.8. The van der Waals surface area contributed by atoms with Gasteiger partial charge in [-0.05, 0) is 19.8 Å². The molecular weight excluding hydrogens is 232 g/mol. The average Bonchev–Trinajstić information content (AvgIpc) is 2.49. The highest BCUT2D eigenvalue weighted by atomic mass is 16.5. The van der Waals surface area contributed by atoms with E-state index >= 15 is 0 Å². The van der Waals surface area contributed by atoms with Crippen LogP contribution in [-0.2, 0) is 14.3 Å². The molecular formula is C13H24N2O3. The molecule has 5 nitrogen and oxygen atoms in total. The van der Waals surface area contributed by atoms with E-state index in [9.17, 15) is 9.59 Å². The highest BCUT2D eigenvalue weighted by Crippen LogP contribution is 2.25.